The molecule has 1 aromatic rings. The van der Waals surface area contributed by atoms with Gasteiger partial charge < -0.3 is 5.73 Å². The summed E-state index contributed by atoms with van der Waals surface area (Å²) in [6, 6.07) is 8.50. The zero-order valence-electron chi connectivity index (χ0n) is 13.3. The fourth-order valence-corrected chi connectivity index (χ4v) is 2.36. The third-order valence-electron chi connectivity index (χ3n) is 3.51. The van der Waals surface area contributed by atoms with Crippen LogP contribution < -0.4 is 11.1 Å². The molecule has 3 N–H and O–H groups in total. The second kappa shape index (κ2) is 7.44. The number of hydrogen-bond donors (Lipinski definition) is 2. The molecule has 0 saturated heterocycles. The highest BCUT2D eigenvalue weighted by atomic mass is 16.1. The predicted octanol–water partition coefficient (Wildman–Crippen LogP) is 3.05. The molecule has 0 radical (unpaired) electrons. The number of benzene rings is 1. The SMILES string of the molecule is CC(C)Cc1ccc([C@@H](N[C@@H](C)C(N)=O)C(C)C)cc1. The lowest BCUT2D eigenvalue weighted by Gasteiger charge is -2.26. The highest BCUT2D eigenvalue weighted by Gasteiger charge is 2.20. The van der Waals surface area contributed by atoms with Crippen LogP contribution in [0.3, 0.4) is 0 Å². The average molecular weight is 276 g/mol. The highest BCUT2D eigenvalue weighted by Crippen LogP contribution is 2.23. The van der Waals surface area contributed by atoms with Gasteiger partial charge in [-0.25, -0.2) is 0 Å². The molecule has 0 heterocycles. The van der Waals surface area contributed by atoms with E-state index in [1.54, 1.807) is 0 Å². The molecule has 0 aromatic heterocycles. The van der Waals surface area contributed by atoms with Crippen LogP contribution in [0.5, 0.6) is 0 Å². The van der Waals surface area contributed by atoms with E-state index in [1.165, 1.54) is 11.1 Å². The number of nitrogens with one attached hydrogen (secondary N) is 1. The average Bonchev–Trinajstić information content (AvgIpc) is 2.35. The summed E-state index contributed by atoms with van der Waals surface area (Å²) in [5.41, 5.74) is 7.90. The van der Waals surface area contributed by atoms with Crippen molar-refractivity contribution in [2.75, 3.05) is 0 Å². The molecular formula is C17H28N2O. The summed E-state index contributed by atoms with van der Waals surface area (Å²) in [4.78, 5) is 11.2. The predicted molar refractivity (Wildman–Crippen MR) is 84.4 cm³/mol. The summed E-state index contributed by atoms with van der Waals surface area (Å²) in [6.45, 7) is 10.5. The molecule has 2 atom stereocenters. The molecule has 1 amide bonds. The van der Waals surface area contributed by atoms with Gasteiger partial charge in [0, 0.05) is 6.04 Å². The maximum atomic E-state index is 11.2. The van der Waals surface area contributed by atoms with E-state index in [0.717, 1.165) is 6.42 Å². The van der Waals surface area contributed by atoms with Gasteiger partial charge in [0.15, 0.2) is 0 Å². The molecule has 0 fully saturated rings. The Morgan fingerprint density at radius 1 is 1.10 bits per heavy atom. The summed E-state index contributed by atoms with van der Waals surface area (Å²) in [5, 5.41) is 3.32. The Hall–Kier alpha value is -1.35. The fraction of sp³-hybridized carbons (Fsp3) is 0.588. The molecular weight excluding hydrogens is 248 g/mol. The van der Waals surface area contributed by atoms with Crippen LogP contribution in [-0.4, -0.2) is 11.9 Å². The molecule has 1 rings (SSSR count). The normalized spacial score (nSPS) is 14.6. The minimum atomic E-state index is -0.322. The largest absolute Gasteiger partial charge is 0.368 e. The first-order chi connectivity index (χ1) is 9.31. The number of carbonyl (C=O) groups excluding carboxylic acids is 1. The lowest BCUT2D eigenvalue weighted by atomic mass is 9.93. The van der Waals surface area contributed by atoms with Gasteiger partial charge in [-0.05, 0) is 36.3 Å². The number of amides is 1. The van der Waals surface area contributed by atoms with Crippen LogP contribution in [-0.2, 0) is 11.2 Å². The van der Waals surface area contributed by atoms with Crippen molar-refractivity contribution in [2.45, 2.75) is 53.1 Å². The van der Waals surface area contributed by atoms with Crippen molar-refractivity contribution < 1.29 is 4.79 Å². The van der Waals surface area contributed by atoms with Crippen LogP contribution in [0, 0.1) is 11.8 Å². The van der Waals surface area contributed by atoms with Crippen molar-refractivity contribution in [1.29, 1.82) is 0 Å². The summed E-state index contributed by atoms with van der Waals surface area (Å²) in [5.74, 6) is 0.745. The van der Waals surface area contributed by atoms with Gasteiger partial charge in [-0.2, -0.15) is 0 Å². The lowest BCUT2D eigenvalue weighted by molar-refractivity contribution is -0.119. The third kappa shape index (κ3) is 4.97. The number of rotatable bonds is 7. The molecule has 0 saturated carbocycles. The van der Waals surface area contributed by atoms with Crippen molar-refractivity contribution in [1.82, 2.24) is 5.32 Å². The minimum Gasteiger partial charge on any atom is -0.368 e. The first kappa shape index (κ1) is 16.7. The maximum absolute atomic E-state index is 11.2. The van der Waals surface area contributed by atoms with E-state index >= 15 is 0 Å². The zero-order chi connectivity index (χ0) is 15.3. The number of primary amides is 1. The molecule has 1 aromatic carbocycles. The molecule has 3 heteroatoms. The van der Waals surface area contributed by atoms with Crippen LogP contribution in [0.1, 0.15) is 51.8 Å². The van der Waals surface area contributed by atoms with Gasteiger partial charge in [0.2, 0.25) is 5.91 Å². The minimum absolute atomic E-state index is 0.144. The van der Waals surface area contributed by atoms with Gasteiger partial charge in [-0.15, -0.1) is 0 Å². The monoisotopic (exact) mass is 276 g/mol. The highest BCUT2D eigenvalue weighted by molar-refractivity contribution is 5.79. The molecule has 0 spiro atoms. The van der Waals surface area contributed by atoms with Gasteiger partial charge in [-0.1, -0.05) is 52.0 Å². The number of nitrogens with two attached hydrogens (primary N) is 1. The van der Waals surface area contributed by atoms with Crippen LogP contribution in [0.25, 0.3) is 0 Å². The van der Waals surface area contributed by atoms with Crippen molar-refractivity contribution in [3.8, 4) is 0 Å². The Balaban J connectivity index is 2.84. The molecule has 3 nitrogen and oxygen atoms in total. The second-order valence-corrected chi connectivity index (χ2v) is 6.35. The van der Waals surface area contributed by atoms with Gasteiger partial charge in [0.05, 0.1) is 6.04 Å². The maximum Gasteiger partial charge on any atom is 0.234 e. The van der Waals surface area contributed by atoms with Crippen molar-refractivity contribution in [3.63, 3.8) is 0 Å². The summed E-state index contributed by atoms with van der Waals surface area (Å²) < 4.78 is 0. The van der Waals surface area contributed by atoms with E-state index in [0.29, 0.717) is 11.8 Å². The molecule has 0 bridgehead atoms. The first-order valence-corrected chi connectivity index (χ1v) is 7.45. The van der Waals surface area contributed by atoms with Gasteiger partial charge in [-0.3, -0.25) is 10.1 Å². The van der Waals surface area contributed by atoms with Crippen LogP contribution in [0.4, 0.5) is 0 Å². The van der Waals surface area contributed by atoms with E-state index in [1.807, 2.05) is 6.92 Å². The van der Waals surface area contributed by atoms with Crippen LogP contribution in [0.2, 0.25) is 0 Å². The van der Waals surface area contributed by atoms with Crippen molar-refractivity contribution in [3.05, 3.63) is 35.4 Å². The smallest absolute Gasteiger partial charge is 0.234 e. The van der Waals surface area contributed by atoms with Crippen molar-refractivity contribution in [2.24, 2.45) is 17.6 Å². The summed E-state index contributed by atoms with van der Waals surface area (Å²) in [7, 11) is 0. The van der Waals surface area contributed by atoms with E-state index in [-0.39, 0.29) is 18.0 Å². The summed E-state index contributed by atoms with van der Waals surface area (Å²) >= 11 is 0. The van der Waals surface area contributed by atoms with Crippen molar-refractivity contribution >= 4 is 5.91 Å². The van der Waals surface area contributed by atoms with Gasteiger partial charge in [0.1, 0.15) is 0 Å². The first-order valence-electron chi connectivity index (χ1n) is 7.45. The van der Waals surface area contributed by atoms with Crippen LogP contribution >= 0.6 is 0 Å². The number of hydrogen-bond acceptors (Lipinski definition) is 2. The van der Waals surface area contributed by atoms with Crippen LogP contribution in [0.15, 0.2) is 24.3 Å². The molecule has 0 unspecified atom stereocenters. The van der Waals surface area contributed by atoms with Gasteiger partial charge >= 0.3 is 0 Å². The fourth-order valence-electron chi connectivity index (χ4n) is 2.36. The Morgan fingerprint density at radius 2 is 1.65 bits per heavy atom. The Kier molecular flexibility index (Phi) is 6.21. The molecule has 112 valence electrons. The number of carbonyl (C=O) groups is 1. The van der Waals surface area contributed by atoms with E-state index in [4.69, 9.17) is 5.73 Å². The van der Waals surface area contributed by atoms with Gasteiger partial charge in [0.25, 0.3) is 0 Å². The quantitative estimate of drug-likeness (QED) is 0.804. The summed E-state index contributed by atoms with van der Waals surface area (Å²) in [6.07, 6.45) is 1.09. The molecule has 20 heavy (non-hydrogen) atoms. The molecule has 0 aliphatic rings. The zero-order valence-corrected chi connectivity index (χ0v) is 13.3. The Morgan fingerprint density at radius 3 is 2.05 bits per heavy atom. The van der Waals surface area contributed by atoms with E-state index < -0.39 is 0 Å². The second-order valence-electron chi connectivity index (χ2n) is 6.35. The molecule has 0 aliphatic heterocycles. The lowest BCUT2D eigenvalue weighted by Crippen LogP contribution is -2.42. The van der Waals surface area contributed by atoms with E-state index in [2.05, 4.69) is 57.3 Å². The van der Waals surface area contributed by atoms with E-state index in [9.17, 15) is 4.79 Å². The standard InChI is InChI=1S/C17H28N2O/c1-11(2)10-14-6-8-15(9-7-14)16(12(3)4)19-13(5)17(18)20/h6-9,11-13,16,19H,10H2,1-5H3,(H2,18,20)/t13-,16-/m0/s1. The topological polar surface area (TPSA) is 55.1 Å². The third-order valence-corrected chi connectivity index (χ3v) is 3.51. The Bertz CT molecular complexity index is 423. The molecule has 0 aliphatic carbocycles. The Labute approximate surface area is 122 Å².